The van der Waals surface area contributed by atoms with E-state index >= 15 is 0 Å². The predicted octanol–water partition coefficient (Wildman–Crippen LogP) is 0.686. The van der Waals surface area contributed by atoms with Crippen molar-refractivity contribution in [3.8, 4) is 6.01 Å². The molecule has 1 aromatic rings. The molecule has 0 saturated heterocycles. The van der Waals surface area contributed by atoms with Gasteiger partial charge in [0.15, 0.2) is 0 Å². The first-order chi connectivity index (χ1) is 10.1. The van der Waals surface area contributed by atoms with Crippen LogP contribution in [0.5, 0.6) is 6.01 Å². The number of rotatable bonds is 7. The lowest BCUT2D eigenvalue weighted by atomic mass is 10.2. The van der Waals surface area contributed by atoms with E-state index in [1.54, 1.807) is 0 Å². The third-order valence-corrected chi connectivity index (χ3v) is 3.44. The molecule has 1 saturated carbocycles. The van der Waals surface area contributed by atoms with Gasteiger partial charge in [0.25, 0.3) is 0 Å². The van der Waals surface area contributed by atoms with Crippen LogP contribution in [-0.4, -0.2) is 45.4 Å². The van der Waals surface area contributed by atoms with E-state index in [-0.39, 0.29) is 24.7 Å². The standard InChI is InChI=1S/C13H24N6O2/c1-9(2)21-13-16-11(18-14)15-12(17-13)19(7-8-20)10-5-3-4-6-10/h9-10,20H,3-8,14H2,1-2H3,(H,15,16,17,18). The third kappa shape index (κ3) is 4.15. The van der Waals surface area contributed by atoms with Gasteiger partial charge < -0.3 is 14.7 Å². The number of anilines is 2. The van der Waals surface area contributed by atoms with Gasteiger partial charge in [0.2, 0.25) is 11.9 Å². The van der Waals surface area contributed by atoms with E-state index in [0.717, 1.165) is 12.8 Å². The molecule has 1 aromatic heterocycles. The first-order valence-electron chi connectivity index (χ1n) is 7.41. The Balaban J connectivity index is 2.28. The minimum Gasteiger partial charge on any atom is -0.461 e. The Labute approximate surface area is 124 Å². The highest BCUT2D eigenvalue weighted by Crippen LogP contribution is 2.27. The van der Waals surface area contributed by atoms with Gasteiger partial charge in [-0.3, -0.25) is 5.43 Å². The van der Waals surface area contributed by atoms with Gasteiger partial charge >= 0.3 is 6.01 Å². The molecule has 1 fully saturated rings. The van der Waals surface area contributed by atoms with Crippen molar-refractivity contribution in [2.45, 2.75) is 51.7 Å². The van der Waals surface area contributed by atoms with Gasteiger partial charge in [0.1, 0.15) is 0 Å². The largest absolute Gasteiger partial charge is 0.461 e. The third-order valence-electron chi connectivity index (χ3n) is 3.44. The monoisotopic (exact) mass is 296 g/mol. The Hall–Kier alpha value is -1.67. The number of hydrogen-bond donors (Lipinski definition) is 3. The zero-order valence-electron chi connectivity index (χ0n) is 12.6. The van der Waals surface area contributed by atoms with Gasteiger partial charge in [0.05, 0.1) is 12.7 Å². The summed E-state index contributed by atoms with van der Waals surface area (Å²) < 4.78 is 5.54. The number of nitrogens with two attached hydrogens (primary N) is 1. The van der Waals surface area contributed by atoms with Crippen molar-refractivity contribution in [1.82, 2.24) is 15.0 Å². The molecule has 0 atom stereocenters. The lowest BCUT2D eigenvalue weighted by Gasteiger charge is -2.28. The highest BCUT2D eigenvalue weighted by Gasteiger charge is 2.25. The normalized spacial score (nSPS) is 15.5. The van der Waals surface area contributed by atoms with Crippen LogP contribution in [0.25, 0.3) is 0 Å². The molecular weight excluding hydrogens is 272 g/mol. The average Bonchev–Trinajstić information content (AvgIpc) is 2.97. The fourth-order valence-corrected chi connectivity index (χ4v) is 2.57. The number of nitrogen functional groups attached to an aromatic ring is 1. The van der Waals surface area contributed by atoms with Crippen molar-refractivity contribution in [2.24, 2.45) is 5.84 Å². The molecule has 0 radical (unpaired) electrons. The number of nitrogens with zero attached hydrogens (tertiary/aromatic N) is 4. The Bertz CT molecular complexity index is 450. The fourth-order valence-electron chi connectivity index (χ4n) is 2.57. The first kappa shape index (κ1) is 15.7. The van der Waals surface area contributed by atoms with Gasteiger partial charge in [0, 0.05) is 12.6 Å². The molecule has 1 aliphatic rings. The molecule has 1 heterocycles. The molecule has 0 amide bonds. The van der Waals surface area contributed by atoms with Gasteiger partial charge in [-0.2, -0.15) is 15.0 Å². The summed E-state index contributed by atoms with van der Waals surface area (Å²) in [5, 5.41) is 9.32. The van der Waals surface area contributed by atoms with Crippen LogP contribution in [0.3, 0.4) is 0 Å². The SMILES string of the molecule is CC(C)Oc1nc(NN)nc(N(CCO)C2CCCC2)n1. The Morgan fingerprint density at radius 3 is 2.62 bits per heavy atom. The van der Waals surface area contributed by atoms with Gasteiger partial charge in [-0.15, -0.1) is 0 Å². The second kappa shape index (κ2) is 7.37. The van der Waals surface area contributed by atoms with Crippen molar-refractivity contribution >= 4 is 11.9 Å². The number of aliphatic hydroxyl groups excluding tert-OH is 1. The van der Waals surface area contributed by atoms with Gasteiger partial charge in [-0.05, 0) is 26.7 Å². The summed E-state index contributed by atoms with van der Waals surface area (Å²) in [7, 11) is 0. The number of nitrogens with one attached hydrogen (secondary N) is 1. The van der Waals surface area contributed by atoms with Gasteiger partial charge in [-0.25, -0.2) is 5.84 Å². The number of aliphatic hydroxyl groups is 1. The maximum atomic E-state index is 9.32. The summed E-state index contributed by atoms with van der Waals surface area (Å²) in [5.74, 6) is 6.18. The topological polar surface area (TPSA) is 109 Å². The van der Waals surface area contributed by atoms with E-state index in [9.17, 15) is 5.11 Å². The van der Waals surface area contributed by atoms with E-state index in [1.807, 2.05) is 18.7 Å². The van der Waals surface area contributed by atoms with Gasteiger partial charge in [-0.1, -0.05) is 12.8 Å². The smallest absolute Gasteiger partial charge is 0.323 e. The summed E-state index contributed by atoms with van der Waals surface area (Å²) in [4.78, 5) is 14.8. The van der Waals surface area contributed by atoms with E-state index in [1.165, 1.54) is 12.8 Å². The highest BCUT2D eigenvalue weighted by atomic mass is 16.5. The van der Waals surface area contributed by atoms with Crippen LogP contribution in [0, 0.1) is 0 Å². The van der Waals surface area contributed by atoms with E-state index in [0.29, 0.717) is 18.5 Å². The maximum absolute atomic E-state index is 9.32. The summed E-state index contributed by atoms with van der Waals surface area (Å²) in [6.07, 6.45) is 4.50. The van der Waals surface area contributed by atoms with Crippen LogP contribution >= 0.6 is 0 Å². The molecule has 0 unspecified atom stereocenters. The molecule has 4 N–H and O–H groups in total. The molecule has 1 aliphatic carbocycles. The zero-order valence-corrected chi connectivity index (χ0v) is 12.6. The van der Waals surface area contributed by atoms with Crippen molar-refractivity contribution in [2.75, 3.05) is 23.5 Å². The van der Waals surface area contributed by atoms with Crippen LogP contribution < -0.4 is 20.9 Å². The molecule has 8 nitrogen and oxygen atoms in total. The van der Waals surface area contributed by atoms with Crippen molar-refractivity contribution in [3.05, 3.63) is 0 Å². The molecule has 0 aliphatic heterocycles. The van der Waals surface area contributed by atoms with Crippen molar-refractivity contribution in [1.29, 1.82) is 0 Å². The molecule has 21 heavy (non-hydrogen) atoms. The first-order valence-corrected chi connectivity index (χ1v) is 7.41. The highest BCUT2D eigenvalue weighted by molar-refractivity contribution is 5.39. The van der Waals surface area contributed by atoms with Crippen LogP contribution in [0.15, 0.2) is 0 Å². The quantitative estimate of drug-likeness (QED) is 0.498. The van der Waals surface area contributed by atoms with Crippen molar-refractivity contribution in [3.63, 3.8) is 0 Å². The van der Waals surface area contributed by atoms with E-state index in [2.05, 4.69) is 20.4 Å². The predicted molar refractivity (Wildman–Crippen MR) is 80.1 cm³/mol. The molecular formula is C13H24N6O2. The molecule has 0 bridgehead atoms. The number of hydrazine groups is 1. The summed E-state index contributed by atoms with van der Waals surface area (Å²) in [5.41, 5.74) is 2.44. The minimum atomic E-state index is -0.0383. The molecule has 2 rings (SSSR count). The Morgan fingerprint density at radius 2 is 2.05 bits per heavy atom. The number of hydrogen-bond acceptors (Lipinski definition) is 8. The lowest BCUT2D eigenvalue weighted by Crippen LogP contribution is -2.37. The van der Waals surface area contributed by atoms with Crippen molar-refractivity contribution < 1.29 is 9.84 Å². The molecule has 0 aromatic carbocycles. The van der Waals surface area contributed by atoms with Crippen LogP contribution in [-0.2, 0) is 0 Å². The van der Waals surface area contributed by atoms with Crippen LogP contribution in [0.4, 0.5) is 11.9 Å². The minimum absolute atomic E-state index is 0.0383. The fraction of sp³-hybridized carbons (Fsp3) is 0.769. The lowest BCUT2D eigenvalue weighted by molar-refractivity contribution is 0.221. The summed E-state index contributed by atoms with van der Waals surface area (Å²) >= 11 is 0. The van der Waals surface area contributed by atoms with E-state index < -0.39 is 0 Å². The van der Waals surface area contributed by atoms with Crippen LogP contribution in [0.2, 0.25) is 0 Å². The Kier molecular flexibility index (Phi) is 5.51. The number of aromatic nitrogens is 3. The molecule has 0 spiro atoms. The second-order valence-corrected chi connectivity index (χ2v) is 5.41. The summed E-state index contributed by atoms with van der Waals surface area (Å²) in [6.45, 7) is 4.34. The van der Waals surface area contributed by atoms with Crippen LogP contribution in [0.1, 0.15) is 39.5 Å². The average molecular weight is 296 g/mol. The van der Waals surface area contributed by atoms with E-state index in [4.69, 9.17) is 10.6 Å². The summed E-state index contributed by atoms with van der Waals surface area (Å²) in [6, 6.07) is 0.584. The zero-order chi connectivity index (χ0) is 15.2. The second-order valence-electron chi connectivity index (χ2n) is 5.41. The Morgan fingerprint density at radius 1 is 1.33 bits per heavy atom. The maximum Gasteiger partial charge on any atom is 0.323 e. The molecule has 118 valence electrons. The number of ether oxygens (including phenoxy) is 1. The molecule has 8 heteroatoms.